The summed E-state index contributed by atoms with van der Waals surface area (Å²) in [6.45, 7) is 4.37. The van der Waals surface area contributed by atoms with E-state index < -0.39 is 0 Å². The molecule has 1 aliphatic rings. The number of anilines is 1. The molecule has 0 aliphatic carbocycles. The molecule has 140 valence electrons. The molecule has 0 saturated heterocycles. The van der Waals surface area contributed by atoms with Crippen molar-refractivity contribution in [2.45, 2.75) is 13.8 Å². The number of fused-ring (bicyclic) bond motifs is 1. The molecule has 28 heavy (non-hydrogen) atoms. The van der Waals surface area contributed by atoms with Crippen LogP contribution in [-0.2, 0) is 4.79 Å². The van der Waals surface area contributed by atoms with Gasteiger partial charge in [-0.2, -0.15) is 0 Å². The molecule has 0 saturated carbocycles. The van der Waals surface area contributed by atoms with Gasteiger partial charge in [-0.3, -0.25) is 9.59 Å². The maximum Gasteiger partial charge on any atom is 0.266 e. The Morgan fingerprint density at radius 3 is 2.39 bits per heavy atom. The van der Waals surface area contributed by atoms with Crippen LogP contribution in [0, 0.1) is 6.92 Å². The van der Waals surface area contributed by atoms with Crippen molar-refractivity contribution in [3.63, 3.8) is 0 Å². The summed E-state index contributed by atoms with van der Waals surface area (Å²) in [5.74, 6) is -0.00727. The van der Waals surface area contributed by atoms with E-state index in [2.05, 4.69) is 4.98 Å². The normalized spacial score (nSPS) is 15.1. The molecule has 4 rings (SSSR count). The van der Waals surface area contributed by atoms with Crippen LogP contribution in [0.2, 0.25) is 0 Å². The summed E-state index contributed by atoms with van der Waals surface area (Å²) in [5.41, 5.74) is 2.80. The number of ether oxygens (including phenoxy) is 1. The zero-order valence-corrected chi connectivity index (χ0v) is 16.3. The topological polar surface area (TPSA) is 59.5 Å². The summed E-state index contributed by atoms with van der Waals surface area (Å²) >= 11 is 1.52. The lowest BCUT2D eigenvalue weighted by Crippen LogP contribution is -2.41. The smallest absolute Gasteiger partial charge is 0.266 e. The molecule has 0 radical (unpaired) electrons. The molecule has 6 heteroatoms. The van der Waals surface area contributed by atoms with Gasteiger partial charge in [-0.15, -0.1) is 11.3 Å². The van der Waals surface area contributed by atoms with Crippen LogP contribution in [0.1, 0.15) is 33.5 Å². The number of hydrogen-bond acceptors (Lipinski definition) is 5. The fraction of sp³-hybridized carbons (Fsp3) is 0.136. The number of carbonyl (C=O) groups is 2. The van der Waals surface area contributed by atoms with Crippen molar-refractivity contribution in [1.82, 2.24) is 4.98 Å². The van der Waals surface area contributed by atoms with Crippen molar-refractivity contribution in [3.05, 3.63) is 75.7 Å². The molecule has 0 fully saturated rings. The third-order valence-corrected chi connectivity index (χ3v) is 5.21. The predicted molar refractivity (Wildman–Crippen MR) is 111 cm³/mol. The first-order valence-electron chi connectivity index (χ1n) is 8.93. The molecule has 0 N–H and O–H groups in total. The van der Waals surface area contributed by atoms with Gasteiger partial charge in [0.2, 0.25) is 0 Å². The van der Waals surface area contributed by atoms with Gasteiger partial charge in [-0.05, 0) is 50.3 Å². The SMILES string of the molecule is CCOc1ccc(N2C(=O)C(=Cc3csc(C)n3)c3ccccc3C2=O)cc1. The van der Waals surface area contributed by atoms with Gasteiger partial charge in [0.15, 0.2) is 0 Å². The highest BCUT2D eigenvalue weighted by atomic mass is 32.1. The van der Waals surface area contributed by atoms with Crippen LogP contribution in [0.5, 0.6) is 5.75 Å². The Labute approximate surface area is 166 Å². The van der Waals surface area contributed by atoms with E-state index in [1.807, 2.05) is 25.3 Å². The van der Waals surface area contributed by atoms with Crippen LogP contribution >= 0.6 is 11.3 Å². The number of aromatic nitrogens is 1. The molecule has 2 aromatic carbocycles. The maximum atomic E-state index is 13.3. The fourth-order valence-electron chi connectivity index (χ4n) is 3.18. The van der Waals surface area contributed by atoms with Crippen LogP contribution in [0.4, 0.5) is 5.69 Å². The summed E-state index contributed by atoms with van der Waals surface area (Å²) in [5, 5.41) is 2.82. The average Bonchev–Trinajstić information content (AvgIpc) is 3.12. The van der Waals surface area contributed by atoms with Gasteiger partial charge < -0.3 is 4.74 Å². The molecule has 2 heterocycles. The first-order valence-corrected chi connectivity index (χ1v) is 9.81. The molecular formula is C22H18N2O3S. The van der Waals surface area contributed by atoms with Gasteiger partial charge in [0.05, 0.1) is 28.6 Å². The predicted octanol–water partition coefficient (Wildman–Crippen LogP) is 4.58. The lowest BCUT2D eigenvalue weighted by Gasteiger charge is -2.28. The minimum absolute atomic E-state index is 0.337. The average molecular weight is 390 g/mol. The van der Waals surface area contributed by atoms with Crippen LogP contribution < -0.4 is 9.64 Å². The summed E-state index contributed by atoms with van der Waals surface area (Å²) < 4.78 is 5.45. The molecule has 2 amide bonds. The Morgan fingerprint density at radius 1 is 1.04 bits per heavy atom. The van der Waals surface area contributed by atoms with E-state index in [4.69, 9.17) is 4.74 Å². The lowest BCUT2D eigenvalue weighted by atomic mass is 9.92. The van der Waals surface area contributed by atoms with E-state index in [9.17, 15) is 9.59 Å². The Hall–Kier alpha value is -3.25. The molecule has 1 aromatic heterocycles. The standard InChI is InChI=1S/C22H18N2O3S/c1-3-27-17-10-8-16(9-11-17)24-21(25)19-7-5-4-6-18(19)20(22(24)26)12-15-13-28-14(2)23-15/h4-13H,3H2,1-2H3. The summed E-state index contributed by atoms with van der Waals surface area (Å²) in [6, 6.07) is 14.1. The number of rotatable bonds is 4. The van der Waals surface area contributed by atoms with Crippen molar-refractivity contribution in [2.24, 2.45) is 0 Å². The molecule has 0 spiro atoms. The zero-order chi connectivity index (χ0) is 19.7. The highest BCUT2D eigenvalue weighted by Crippen LogP contribution is 2.34. The number of hydrogen-bond donors (Lipinski definition) is 0. The van der Waals surface area contributed by atoms with Crippen molar-refractivity contribution >= 4 is 40.5 Å². The first kappa shape index (κ1) is 18.1. The van der Waals surface area contributed by atoms with E-state index in [1.54, 1.807) is 48.5 Å². The summed E-state index contributed by atoms with van der Waals surface area (Å²) in [6.07, 6.45) is 1.75. The van der Waals surface area contributed by atoms with Crippen molar-refractivity contribution in [1.29, 1.82) is 0 Å². The summed E-state index contributed by atoms with van der Waals surface area (Å²) in [7, 11) is 0. The van der Waals surface area contributed by atoms with E-state index in [0.29, 0.717) is 40.4 Å². The van der Waals surface area contributed by atoms with Gasteiger partial charge in [-0.1, -0.05) is 18.2 Å². The molecule has 0 unspecified atom stereocenters. The third kappa shape index (κ3) is 3.23. The van der Waals surface area contributed by atoms with Crippen LogP contribution in [0.25, 0.3) is 11.6 Å². The summed E-state index contributed by atoms with van der Waals surface area (Å²) in [4.78, 5) is 32.0. The minimum atomic E-state index is -0.362. The number of nitrogens with zero attached hydrogens (tertiary/aromatic N) is 2. The second-order valence-electron chi connectivity index (χ2n) is 6.27. The molecule has 0 atom stereocenters. The minimum Gasteiger partial charge on any atom is -0.494 e. The Morgan fingerprint density at radius 2 is 1.75 bits per heavy atom. The van der Waals surface area contributed by atoms with Crippen LogP contribution in [-0.4, -0.2) is 23.4 Å². The number of carbonyl (C=O) groups excluding carboxylic acids is 2. The van der Waals surface area contributed by atoms with Crippen LogP contribution in [0.15, 0.2) is 53.9 Å². The van der Waals surface area contributed by atoms with Crippen molar-refractivity contribution < 1.29 is 14.3 Å². The number of benzene rings is 2. The highest BCUT2D eigenvalue weighted by molar-refractivity contribution is 7.09. The van der Waals surface area contributed by atoms with Crippen molar-refractivity contribution in [2.75, 3.05) is 11.5 Å². The zero-order valence-electron chi connectivity index (χ0n) is 15.5. The first-order chi connectivity index (χ1) is 13.6. The fourth-order valence-corrected chi connectivity index (χ4v) is 3.75. The number of thiazole rings is 1. The highest BCUT2D eigenvalue weighted by Gasteiger charge is 2.35. The second kappa shape index (κ2) is 7.40. The van der Waals surface area contributed by atoms with Gasteiger partial charge in [0.1, 0.15) is 5.75 Å². The lowest BCUT2D eigenvalue weighted by molar-refractivity contribution is -0.112. The molecule has 0 bridgehead atoms. The Balaban J connectivity index is 1.82. The number of amides is 2. The number of imide groups is 1. The second-order valence-corrected chi connectivity index (χ2v) is 7.33. The van der Waals surface area contributed by atoms with E-state index in [0.717, 1.165) is 5.01 Å². The van der Waals surface area contributed by atoms with Gasteiger partial charge >= 0.3 is 0 Å². The largest absolute Gasteiger partial charge is 0.494 e. The Kier molecular flexibility index (Phi) is 4.79. The molecule has 5 nitrogen and oxygen atoms in total. The third-order valence-electron chi connectivity index (χ3n) is 4.42. The van der Waals surface area contributed by atoms with E-state index >= 15 is 0 Å². The van der Waals surface area contributed by atoms with E-state index in [1.165, 1.54) is 16.2 Å². The monoisotopic (exact) mass is 390 g/mol. The van der Waals surface area contributed by atoms with Gasteiger partial charge in [-0.25, -0.2) is 9.88 Å². The Bertz CT molecular complexity index is 1080. The van der Waals surface area contributed by atoms with E-state index in [-0.39, 0.29) is 11.8 Å². The van der Waals surface area contributed by atoms with Gasteiger partial charge in [0.25, 0.3) is 11.8 Å². The van der Waals surface area contributed by atoms with Crippen molar-refractivity contribution in [3.8, 4) is 5.75 Å². The molecule has 1 aliphatic heterocycles. The maximum absolute atomic E-state index is 13.3. The molecule has 3 aromatic rings. The number of aryl methyl sites for hydroxylation is 1. The quantitative estimate of drug-likeness (QED) is 0.483. The van der Waals surface area contributed by atoms with Crippen LogP contribution in [0.3, 0.4) is 0 Å². The molecular weight excluding hydrogens is 372 g/mol. The van der Waals surface area contributed by atoms with Gasteiger partial charge in [0, 0.05) is 16.5 Å².